The van der Waals surface area contributed by atoms with Gasteiger partial charge in [0.2, 0.25) is 5.91 Å². The van der Waals surface area contributed by atoms with Crippen molar-refractivity contribution in [1.29, 1.82) is 0 Å². The van der Waals surface area contributed by atoms with E-state index in [9.17, 15) is 9.90 Å². The molecule has 0 saturated carbocycles. The maximum atomic E-state index is 12.0. The van der Waals surface area contributed by atoms with Gasteiger partial charge in [0.15, 0.2) is 0 Å². The van der Waals surface area contributed by atoms with E-state index < -0.39 is 0 Å². The number of phenols is 1. The standard InChI is InChI=1S/C19H23NO3S/c1-14(24-17-10-8-16(21)9-11-17)7-12-19(22)20-13-15-5-3-4-6-18(15)23-2/h3-6,8-11,14,21H,7,12-13H2,1-2H3,(H,20,22). The lowest BCUT2D eigenvalue weighted by Gasteiger charge is -2.12. The molecule has 2 rings (SSSR count). The maximum absolute atomic E-state index is 12.0. The Morgan fingerprint density at radius 1 is 1.21 bits per heavy atom. The summed E-state index contributed by atoms with van der Waals surface area (Å²) in [7, 11) is 1.63. The number of rotatable bonds is 8. The number of nitrogens with one attached hydrogen (secondary N) is 1. The quantitative estimate of drug-likeness (QED) is 0.711. The second-order valence-electron chi connectivity index (χ2n) is 5.55. The molecule has 0 spiro atoms. The molecule has 0 aliphatic rings. The molecule has 0 aromatic heterocycles. The van der Waals surface area contributed by atoms with E-state index in [0.717, 1.165) is 22.6 Å². The number of carbonyl (C=O) groups is 1. The monoisotopic (exact) mass is 345 g/mol. The molecular formula is C19H23NO3S. The zero-order chi connectivity index (χ0) is 17.4. The number of methoxy groups -OCH3 is 1. The van der Waals surface area contributed by atoms with E-state index in [1.165, 1.54) is 0 Å². The minimum absolute atomic E-state index is 0.0408. The predicted molar refractivity (Wildman–Crippen MR) is 97.5 cm³/mol. The first kappa shape index (κ1) is 18.2. The maximum Gasteiger partial charge on any atom is 0.220 e. The van der Waals surface area contributed by atoms with Crippen molar-refractivity contribution < 1.29 is 14.6 Å². The lowest BCUT2D eigenvalue weighted by Crippen LogP contribution is -2.23. The Morgan fingerprint density at radius 2 is 1.92 bits per heavy atom. The lowest BCUT2D eigenvalue weighted by molar-refractivity contribution is -0.121. The molecule has 0 heterocycles. The summed E-state index contributed by atoms with van der Waals surface area (Å²) in [4.78, 5) is 13.1. The third-order valence-electron chi connectivity index (χ3n) is 3.62. The Kier molecular flexibility index (Phi) is 7.00. The van der Waals surface area contributed by atoms with Gasteiger partial charge in [0, 0.05) is 28.7 Å². The smallest absolute Gasteiger partial charge is 0.220 e. The number of aromatic hydroxyl groups is 1. The van der Waals surface area contributed by atoms with Gasteiger partial charge in [0.05, 0.1) is 7.11 Å². The van der Waals surface area contributed by atoms with Crippen LogP contribution in [0.1, 0.15) is 25.3 Å². The molecule has 1 atom stereocenters. The highest BCUT2D eigenvalue weighted by Crippen LogP contribution is 2.27. The van der Waals surface area contributed by atoms with Gasteiger partial charge in [-0.05, 0) is 36.8 Å². The first-order valence-corrected chi connectivity index (χ1v) is 8.80. The molecule has 0 fully saturated rings. The van der Waals surface area contributed by atoms with E-state index in [1.807, 2.05) is 36.4 Å². The molecule has 24 heavy (non-hydrogen) atoms. The number of hydrogen-bond donors (Lipinski definition) is 2. The highest BCUT2D eigenvalue weighted by Gasteiger charge is 2.09. The Hall–Kier alpha value is -2.14. The number of ether oxygens (including phenoxy) is 1. The van der Waals surface area contributed by atoms with E-state index in [0.29, 0.717) is 18.2 Å². The first-order chi connectivity index (χ1) is 11.6. The average Bonchev–Trinajstić information content (AvgIpc) is 2.60. The second-order valence-corrected chi connectivity index (χ2v) is 7.06. The van der Waals surface area contributed by atoms with Crippen molar-refractivity contribution in [3.05, 3.63) is 54.1 Å². The van der Waals surface area contributed by atoms with Crippen molar-refractivity contribution in [2.24, 2.45) is 0 Å². The van der Waals surface area contributed by atoms with Crippen molar-refractivity contribution in [3.8, 4) is 11.5 Å². The van der Waals surface area contributed by atoms with E-state index in [2.05, 4.69) is 12.2 Å². The van der Waals surface area contributed by atoms with Gasteiger partial charge in [-0.3, -0.25) is 4.79 Å². The lowest BCUT2D eigenvalue weighted by atomic mass is 10.2. The molecule has 1 amide bonds. The summed E-state index contributed by atoms with van der Waals surface area (Å²) in [5.74, 6) is 1.09. The van der Waals surface area contributed by atoms with Crippen LogP contribution in [-0.2, 0) is 11.3 Å². The first-order valence-electron chi connectivity index (χ1n) is 7.92. The highest BCUT2D eigenvalue weighted by atomic mass is 32.2. The summed E-state index contributed by atoms with van der Waals surface area (Å²) in [5, 5.41) is 12.6. The van der Waals surface area contributed by atoms with Crippen molar-refractivity contribution in [2.45, 2.75) is 36.5 Å². The van der Waals surface area contributed by atoms with Gasteiger partial charge in [-0.15, -0.1) is 11.8 Å². The van der Waals surface area contributed by atoms with Crippen LogP contribution in [0.25, 0.3) is 0 Å². The molecule has 1 unspecified atom stereocenters. The predicted octanol–water partition coefficient (Wildman–Crippen LogP) is 3.98. The van der Waals surface area contributed by atoms with Crippen LogP contribution in [-0.4, -0.2) is 23.4 Å². The van der Waals surface area contributed by atoms with Crippen molar-refractivity contribution in [1.82, 2.24) is 5.32 Å². The van der Waals surface area contributed by atoms with Gasteiger partial charge in [-0.1, -0.05) is 25.1 Å². The van der Waals surface area contributed by atoms with Crippen LogP contribution < -0.4 is 10.1 Å². The fourth-order valence-electron chi connectivity index (χ4n) is 2.28. The van der Waals surface area contributed by atoms with Crippen molar-refractivity contribution in [3.63, 3.8) is 0 Å². The molecule has 0 aliphatic carbocycles. The summed E-state index contributed by atoms with van der Waals surface area (Å²) in [6, 6.07) is 14.8. The number of para-hydroxylation sites is 1. The number of benzene rings is 2. The van der Waals surface area contributed by atoms with E-state index >= 15 is 0 Å². The molecule has 0 aliphatic heterocycles. The summed E-state index contributed by atoms with van der Waals surface area (Å²) >= 11 is 1.70. The molecule has 2 N–H and O–H groups in total. The number of carbonyl (C=O) groups excluding carboxylic acids is 1. The van der Waals surface area contributed by atoms with Crippen LogP contribution in [0.5, 0.6) is 11.5 Å². The van der Waals surface area contributed by atoms with Crippen LogP contribution in [0.3, 0.4) is 0 Å². The minimum atomic E-state index is 0.0408. The van der Waals surface area contributed by atoms with Gasteiger partial charge in [-0.25, -0.2) is 0 Å². The van der Waals surface area contributed by atoms with Gasteiger partial charge in [0.1, 0.15) is 11.5 Å². The third-order valence-corrected chi connectivity index (χ3v) is 4.80. The Morgan fingerprint density at radius 3 is 2.62 bits per heavy atom. The van der Waals surface area contributed by atoms with Gasteiger partial charge in [0.25, 0.3) is 0 Å². The second kappa shape index (κ2) is 9.23. The summed E-state index contributed by atoms with van der Waals surface area (Å²) in [6.07, 6.45) is 1.28. The normalized spacial score (nSPS) is 11.8. The number of thioether (sulfide) groups is 1. The van der Waals surface area contributed by atoms with Crippen LogP contribution in [0.2, 0.25) is 0 Å². The van der Waals surface area contributed by atoms with Crippen LogP contribution in [0.15, 0.2) is 53.4 Å². The third kappa shape index (κ3) is 5.81. The van der Waals surface area contributed by atoms with Crippen molar-refractivity contribution >= 4 is 17.7 Å². The fourth-order valence-corrected chi connectivity index (χ4v) is 3.28. The largest absolute Gasteiger partial charge is 0.508 e. The molecule has 0 saturated heterocycles. The zero-order valence-electron chi connectivity index (χ0n) is 14.0. The SMILES string of the molecule is COc1ccccc1CNC(=O)CCC(C)Sc1ccc(O)cc1. The fraction of sp³-hybridized carbons (Fsp3) is 0.316. The highest BCUT2D eigenvalue weighted by molar-refractivity contribution is 7.99. The number of hydrogen-bond acceptors (Lipinski definition) is 4. The number of phenolic OH excluding ortho intramolecular Hbond substituents is 1. The summed E-state index contributed by atoms with van der Waals surface area (Å²) in [5.41, 5.74) is 0.972. The molecule has 5 heteroatoms. The van der Waals surface area contributed by atoms with Crippen molar-refractivity contribution in [2.75, 3.05) is 7.11 Å². The van der Waals surface area contributed by atoms with Gasteiger partial charge < -0.3 is 15.2 Å². The summed E-state index contributed by atoms with van der Waals surface area (Å²) < 4.78 is 5.28. The zero-order valence-corrected chi connectivity index (χ0v) is 14.8. The van der Waals surface area contributed by atoms with E-state index in [4.69, 9.17) is 4.74 Å². The van der Waals surface area contributed by atoms with E-state index in [-0.39, 0.29) is 11.7 Å². The average molecular weight is 345 g/mol. The van der Waals surface area contributed by atoms with Gasteiger partial charge >= 0.3 is 0 Å². The molecule has 2 aromatic carbocycles. The molecular weight excluding hydrogens is 322 g/mol. The Balaban J connectivity index is 1.73. The summed E-state index contributed by atoms with van der Waals surface area (Å²) in [6.45, 7) is 2.58. The van der Waals surface area contributed by atoms with Crippen LogP contribution in [0.4, 0.5) is 0 Å². The van der Waals surface area contributed by atoms with E-state index in [1.54, 1.807) is 31.0 Å². The molecule has 128 valence electrons. The van der Waals surface area contributed by atoms with Gasteiger partial charge in [-0.2, -0.15) is 0 Å². The minimum Gasteiger partial charge on any atom is -0.508 e. The Labute approximate surface area is 147 Å². The van der Waals surface area contributed by atoms with Crippen LogP contribution >= 0.6 is 11.8 Å². The van der Waals surface area contributed by atoms with Crippen LogP contribution in [0, 0.1) is 0 Å². The molecule has 0 radical (unpaired) electrons. The molecule has 0 bridgehead atoms. The molecule has 4 nitrogen and oxygen atoms in total. The number of amides is 1. The topological polar surface area (TPSA) is 58.6 Å². The molecule has 2 aromatic rings. The Bertz CT molecular complexity index is 658.